The van der Waals surface area contributed by atoms with E-state index < -0.39 is 169 Å². The van der Waals surface area contributed by atoms with Crippen molar-refractivity contribution in [1.82, 2.24) is 67.4 Å². The number of likely N-dealkylation sites (tertiary alicyclic amines) is 1. The molecule has 1 saturated heterocycles. The highest BCUT2D eigenvalue weighted by Gasteiger charge is 2.40. The number of carbonyl (C=O) groups is 11. The molecule has 82 heavy (non-hydrogen) atoms. The standard InChI is InChI=1S/C50H81N17O15/c1-7-26(6)39(49(81)82)66-42(74)32(17-28-19-55-23-58-28)61-46(78)37(24(2)3)65-41(73)31(12-13-36(70)71)59-43(75)33(20-68)62-44(76)34(21-69)63-47(79)38(25(4)5)64-40(72)30(10-8-14-56-50(52)53)60-45(77)35-11-9-15-67(35)48(80)29(51)16-27-18-54-22-57-27/h18-19,22-26,29-35,37-39,68-69H,7-17,20-21,51H2,1-6H3,(H,54,57)(H,55,58)(H,59,75)(H,60,77)(H,61,78)(H,62,76)(H,63,79)(H,64,72)(H,65,73)(H,66,74)(H,70,71)(H,81,82)(H4,52,53,56)/t26-,29-,30-,31-,32-,33-,34-,35-,37-,38-,39-/m0/s1. The van der Waals surface area contributed by atoms with Crippen LogP contribution < -0.4 is 59.7 Å². The number of guanidine groups is 1. The molecule has 3 heterocycles. The Morgan fingerprint density at radius 2 is 1.11 bits per heavy atom. The van der Waals surface area contributed by atoms with Crippen LogP contribution in [0.2, 0.25) is 0 Å². The number of aromatic amines is 2. The SMILES string of the molecule is CC[C@H](C)[C@H](NC(=O)[C@H](Cc1cnc[nH]1)NC(=O)[C@@H](NC(=O)[C@H](CCC(=O)O)NC(=O)[C@H](CO)NC(=O)[C@H](CO)NC(=O)[C@@H](NC(=O)[C@H](CCCN=C(N)N)NC(=O)[C@@H]1CCCN1C(=O)[C@@H](N)Cc1cnc[nH]1)C(C)C)C(C)C)C(=O)O. The number of aliphatic hydroxyl groups is 2. The third kappa shape index (κ3) is 21.3. The van der Waals surface area contributed by atoms with Gasteiger partial charge in [-0.25, -0.2) is 14.8 Å². The quantitative estimate of drug-likeness (QED) is 0.0174. The van der Waals surface area contributed by atoms with Gasteiger partial charge < -0.3 is 95.0 Å². The van der Waals surface area contributed by atoms with E-state index in [2.05, 4.69) is 67.5 Å². The van der Waals surface area contributed by atoms with Crippen LogP contribution in [0.1, 0.15) is 97.9 Å². The van der Waals surface area contributed by atoms with Gasteiger partial charge in [0, 0.05) is 56.1 Å². The highest BCUT2D eigenvalue weighted by molar-refractivity contribution is 5.99. The van der Waals surface area contributed by atoms with Gasteiger partial charge in [-0.2, -0.15) is 0 Å². The van der Waals surface area contributed by atoms with Crippen molar-refractivity contribution >= 4 is 71.1 Å². The first-order valence-corrected chi connectivity index (χ1v) is 26.9. The molecule has 3 rings (SSSR count). The van der Waals surface area contributed by atoms with E-state index >= 15 is 0 Å². The van der Waals surface area contributed by atoms with Gasteiger partial charge in [-0.15, -0.1) is 0 Å². The van der Waals surface area contributed by atoms with Crippen molar-refractivity contribution in [2.75, 3.05) is 26.3 Å². The lowest BCUT2D eigenvalue weighted by atomic mass is 9.98. The van der Waals surface area contributed by atoms with Crippen molar-refractivity contribution < 1.29 is 73.2 Å². The lowest BCUT2D eigenvalue weighted by Crippen LogP contribution is -2.62. The van der Waals surface area contributed by atoms with Crippen LogP contribution in [0.3, 0.4) is 0 Å². The van der Waals surface area contributed by atoms with Gasteiger partial charge in [-0.05, 0) is 49.9 Å². The Hall–Kier alpha value is -8.26. The molecule has 32 heteroatoms. The van der Waals surface area contributed by atoms with Crippen LogP contribution in [-0.2, 0) is 65.6 Å². The minimum atomic E-state index is -1.91. The molecule has 20 N–H and O–H groups in total. The summed E-state index contributed by atoms with van der Waals surface area (Å²) in [4.78, 5) is 166. The van der Waals surface area contributed by atoms with E-state index in [9.17, 15) is 73.2 Å². The number of rotatable bonds is 35. The van der Waals surface area contributed by atoms with Crippen LogP contribution in [0.4, 0.5) is 0 Å². The Bertz CT molecular complexity index is 2510. The van der Waals surface area contributed by atoms with E-state index in [1.807, 2.05) is 0 Å². The largest absolute Gasteiger partial charge is 0.481 e. The average Bonchev–Trinajstić information content (AvgIpc) is 4.35. The molecule has 11 atom stereocenters. The van der Waals surface area contributed by atoms with Gasteiger partial charge in [0.05, 0.1) is 31.9 Å². The Balaban J connectivity index is 1.76. The minimum absolute atomic E-state index is 0.0516. The van der Waals surface area contributed by atoms with Gasteiger partial charge in [0.15, 0.2) is 5.96 Å². The molecule has 2 aromatic heterocycles. The first-order valence-electron chi connectivity index (χ1n) is 26.9. The van der Waals surface area contributed by atoms with E-state index in [0.717, 1.165) is 0 Å². The fourth-order valence-electron chi connectivity index (χ4n) is 8.61. The number of nitrogens with one attached hydrogen (secondary N) is 10. The van der Waals surface area contributed by atoms with E-state index in [4.69, 9.17) is 17.2 Å². The fourth-order valence-corrected chi connectivity index (χ4v) is 8.61. The zero-order valence-electron chi connectivity index (χ0n) is 46.8. The van der Waals surface area contributed by atoms with E-state index in [-0.39, 0.29) is 51.2 Å². The lowest BCUT2D eigenvalue weighted by Gasteiger charge is -2.30. The topological polar surface area (TPSA) is 516 Å². The number of nitrogens with two attached hydrogens (primary N) is 3. The maximum Gasteiger partial charge on any atom is 0.326 e. The number of hydrogen-bond acceptors (Lipinski definition) is 17. The molecule has 0 aromatic carbocycles. The number of carboxylic acids is 2. The Morgan fingerprint density at radius 1 is 0.646 bits per heavy atom. The molecule has 1 fully saturated rings. The molecule has 0 spiro atoms. The van der Waals surface area contributed by atoms with Crippen molar-refractivity contribution in [2.45, 2.75) is 160 Å². The maximum absolute atomic E-state index is 14.0. The number of aliphatic hydroxyl groups excluding tert-OH is 2. The van der Waals surface area contributed by atoms with Gasteiger partial charge in [-0.1, -0.05) is 48.0 Å². The minimum Gasteiger partial charge on any atom is -0.481 e. The zero-order valence-corrected chi connectivity index (χ0v) is 46.8. The first kappa shape index (κ1) is 68.0. The van der Waals surface area contributed by atoms with Crippen LogP contribution in [0.15, 0.2) is 30.0 Å². The number of H-pyrrole nitrogens is 2. The van der Waals surface area contributed by atoms with E-state index in [0.29, 0.717) is 24.2 Å². The third-order valence-electron chi connectivity index (χ3n) is 13.5. The number of aromatic nitrogens is 4. The van der Waals surface area contributed by atoms with Gasteiger partial charge in [-0.3, -0.25) is 52.9 Å². The number of amides is 9. The molecule has 0 saturated carbocycles. The molecule has 1 aliphatic rings. The number of carboxylic acid groups (broad SMARTS) is 2. The van der Waals surface area contributed by atoms with Crippen molar-refractivity contribution in [3.05, 3.63) is 36.4 Å². The molecular weight excluding hydrogens is 1080 g/mol. The molecular formula is C50H81N17O15. The predicted octanol–water partition coefficient (Wildman–Crippen LogP) is -5.54. The number of hydrogen-bond donors (Lipinski definition) is 17. The van der Waals surface area contributed by atoms with Gasteiger partial charge >= 0.3 is 11.9 Å². The molecule has 1 aliphatic heterocycles. The Morgan fingerprint density at radius 3 is 1.57 bits per heavy atom. The van der Waals surface area contributed by atoms with Crippen molar-refractivity contribution in [1.29, 1.82) is 0 Å². The fraction of sp³-hybridized carbons (Fsp3) is 0.640. The monoisotopic (exact) mass is 1160 g/mol. The molecule has 32 nitrogen and oxygen atoms in total. The summed E-state index contributed by atoms with van der Waals surface area (Å²) in [6, 6.07) is -14.4. The summed E-state index contributed by atoms with van der Waals surface area (Å²) in [5.74, 6) is -13.3. The lowest BCUT2D eigenvalue weighted by molar-refractivity contribution is -0.144. The summed E-state index contributed by atoms with van der Waals surface area (Å²) in [5, 5.41) is 59.3. The van der Waals surface area contributed by atoms with Crippen LogP contribution >= 0.6 is 0 Å². The second-order valence-electron chi connectivity index (χ2n) is 20.6. The zero-order chi connectivity index (χ0) is 61.4. The van der Waals surface area contributed by atoms with Gasteiger partial charge in [0.2, 0.25) is 53.2 Å². The van der Waals surface area contributed by atoms with E-state index in [1.54, 1.807) is 27.7 Å². The number of aliphatic carboxylic acids is 2. The summed E-state index contributed by atoms with van der Waals surface area (Å²) in [6.45, 7) is 7.55. The summed E-state index contributed by atoms with van der Waals surface area (Å²) < 4.78 is 0. The highest BCUT2D eigenvalue weighted by Crippen LogP contribution is 2.20. The van der Waals surface area contributed by atoms with Crippen molar-refractivity contribution in [3.63, 3.8) is 0 Å². The molecule has 2 aromatic rings. The van der Waals surface area contributed by atoms with Crippen LogP contribution in [-0.4, -0.2) is 203 Å². The van der Waals surface area contributed by atoms with Crippen LogP contribution in [0, 0.1) is 17.8 Å². The molecule has 0 unspecified atom stereocenters. The summed E-state index contributed by atoms with van der Waals surface area (Å²) >= 11 is 0. The average molecular weight is 1160 g/mol. The second-order valence-corrected chi connectivity index (χ2v) is 20.6. The molecule has 9 amide bonds. The molecule has 0 bridgehead atoms. The van der Waals surface area contributed by atoms with Crippen molar-refractivity contribution in [3.8, 4) is 0 Å². The predicted molar refractivity (Wildman–Crippen MR) is 290 cm³/mol. The van der Waals surface area contributed by atoms with Crippen LogP contribution in [0.5, 0.6) is 0 Å². The number of aliphatic imine (C=N–C) groups is 1. The second kappa shape index (κ2) is 33.5. The van der Waals surface area contributed by atoms with Gasteiger partial charge in [0.1, 0.15) is 54.4 Å². The number of carbonyl (C=O) groups excluding carboxylic acids is 9. The molecule has 456 valence electrons. The third-order valence-corrected chi connectivity index (χ3v) is 13.5. The maximum atomic E-state index is 14.0. The number of nitrogens with zero attached hydrogens (tertiary/aromatic N) is 4. The summed E-state index contributed by atoms with van der Waals surface area (Å²) in [6.07, 6.45) is 5.52. The Labute approximate surface area is 472 Å². The normalized spacial score (nSPS) is 16.8. The van der Waals surface area contributed by atoms with Crippen LogP contribution in [0.25, 0.3) is 0 Å². The van der Waals surface area contributed by atoms with Gasteiger partial charge in [0.25, 0.3) is 0 Å². The smallest absolute Gasteiger partial charge is 0.326 e. The van der Waals surface area contributed by atoms with E-state index in [1.165, 1.54) is 43.8 Å². The van der Waals surface area contributed by atoms with Crippen molar-refractivity contribution in [2.24, 2.45) is 39.9 Å². The Kier molecular flexibility index (Phi) is 27.8. The highest BCUT2D eigenvalue weighted by atomic mass is 16.4. The summed E-state index contributed by atoms with van der Waals surface area (Å²) in [5.41, 5.74) is 18.1. The first-order chi connectivity index (χ1) is 38.7. The summed E-state index contributed by atoms with van der Waals surface area (Å²) in [7, 11) is 0. The molecule has 0 radical (unpaired) electrons. The molecule has 0 aliphatic carbocycles. The number of imidazole rings is 2.